The fourth-order valence-electron chi connectivity index (χ4n) is 2.17. The Balaban J connectivity index is 1.76. The SMILES string of the molecule is O=[N+]([O-])c1ccc(OC[C@@H](O)CN2CCCC2)cc1. The van der Waals surface area contributed by atoms with E-state index in [0.717, 1.165) is 13.1 Å². The van der Waals surface area contributed by atoms with E-state index >= 15 is 0 Å². The largest absolute Gasteiger partial charge is 0.491 e. The molecule has 0 amide bonds. The van der Waals surface area contributed by atoms with Crippen molar-refractivity contribution in [3.63, 3.8) is 0 Å². The molecule has 6 heteroatoms. The first-order valence-corrected chi connectivity index (χ1v) is 6.43. The van der Waals surface area contributed by atoms with Gasteiger partial charge in [0.2, 0.25) is 0 Å². The summed E-state index contributed by atoms with van der Waals surface area (Å²) in [6.07, 6.45) is 1.85. The number of aliphatic hydroxyl groups excluding tert-OH is 1. The molecular weight excluding hydrogens is 248 g/mol. The van der Waals surface area contributed by atoms with E-state index in [0.29, 0.717) is 12.3 Å². The lowest BCUT2D eigenvalue weighted by Crippen LogP contribution is -2.33. The predicted molar refractivity (Wildman–Crippen MR) is 70.3 cm³/mol. The summed E-state index contributed by atoms with van der Waals surface area (Å²) in [5.41, 5.74) is 0.0324. The van der Waals surface area contributed by atoms with Crippen LogP contribution in [0.5, 0.6) is 5.75 Å². The molecule has 19 heavy (non-hydrogen) atoms. The standard InChI is InChI=1S/C13H18N2O4/c16-12(9-14-7-1-2-8-14)10-19-13-5-3-11(4-6-13)15(17)18/h3-6,12,16H,1-2,7-10H2/t12-/m0/s1. The van der Waals surface area contributed by atoms with Crippen LogP contribution < -0.4 is 4.74 Å². The van der Waals surface area contributed by atoms with E-state index in [1.54, 1.807) is 12.1 Å². The number of benzene rings is 1. The van der Waals surface area contributed by atoms with Gasteiger partial charge in [-0.2, -0.15) is 0 Å². The lowest BCUT2D eigenvalue weighted by molar-refractivity contribution is -0.384. The summed E-state index contributed by atoms with van der Waals surface area (Å²) in [4.78, 5) is 12.3. The monoisotopic (exact) mass is 266 g/mol. The first-order chi connectivity index (χ1) is 9.15. The number of hydrogen-bond acceptors (Lipinski definition) is 5. The molecule has 0 spiro atoms. The maximum absolute atomic E-state index is 10.5. The van der Waals surface area contributed by atoms with Crippen LogP contribution >= 0.6 is 0 Å². The number of β-amino-alcohol motifs (C(OH)–C–C–N with tert-alkyl or cyclic N) is 1. The smallest absolute Gasteiger partial charge is 0.269 e. The average molecular weight is 266 g/mol. The van der Waals surface area contributed by atoms with Gasteiger partial charge in [0, 0.05) is 18.7 Å². The molecule has 0 bridgehead atoms. The zero-order valence-corrected chi connectivity index (χ0v) is 10.7. The van der Waals surface area contributed by atoms with Crippen LogP contribution in [0.2, 0.25) is 0 Å². The van der Waals surface area contributed by atoms with Gasteiger partial charge in [-0.1, -0.05) is 0 Å². The number of ether oxygens (including phenoxy) is 1. The van der Waals surface area contributed by atoms with Crippen molar-refractivity contribution in [1.82, 2.24) is 4.90 Å². The Morgan fingerprint density at radius 2 is 1.95 bits per heavy atom. The molecule has 104 valence electrons. The van der Waals surface area contributed by atoms with Gasteiger partial charge >= 0.3 is 0 Å². The first-order valence-electron chi connectivity index (χ1n) is 6.43. The molecule has 0 radical (unpaired) electrons. The van der Waals surface area contributed by atoms with Crippen molar-refractivity contribution in [1.29, 1.82) is 0 Å². The van der Waals surface area contributed by atoms with E-state index in [-0.39, 0.29) is 12.3 Å². The molecular formula is C13H18N2O4. The lowest BCUT2D eigenvalue weighted by Gasteiger charge is -2.19. The quantitative estimate of drug-likeness (QED) is 0.622. The summed E-state index contributed by atoms with van der Waals surface area (Å²) in [6, 6.07) is 5.87. The Hall–Kier alpha value is -1.66. The third kappa shape index (κ3) is 4.18. The van der Waals surface area contributed by atoms with E-state index < -0.39 is 11.0 Å². The topological polar surface area (TPSA) is 75.8 Å². The van der Waals surface area contributed by atoms with Gasteiger partial charge in [0.05, 0.1) is 4.92 Å². The second-order valence-electron chi connectivity index (χ2n) is 4.72. The van der Waals surface area contributed by atoms with Gasteiger partial charge in [0.1, 0.15) is 18.5 Å². The number of likely N-dealkylation sites (tertiary alicyclic amines) is 1. The van der Waals surface area contributed by atoms with Crippen molar-refractivity contribution >= 4 is 5.69 Å². The number of nitro groups is 1. The minimum Gasteiger partial charge on any atom is -0.491 e. The van der Waals surface area contributed by atoms with Gasteiger partial charge in [0.25, 0.3) is 5.69 Å². The van der Waals surface area contributed by atoms with Crippen LogP contribution in [0, 0.1) is 10.1 Å². The number of hydrogen-bond donors (Lipinski definition) is 1. The number of aliphatic hydroxyl groups is 1. The fraction of sp³-hybridized carbons (Fsp3) is 0.538. The number of nitro benzene ring substituents is 1. The van der Waals surface area contributed by atoms with E-state index in [1.807, 2.05) is 0 Å². The second kappa shape index (κ2) is 6.49. The van der Waals surface area contributed by atoms with Gasteiger partial charge in [-0.05, 0) is 38.1 Å². The van der Waals surface area contributed by atoms with Crippen LogP contribution in [-0.2, 0) is 0 Å². The Labute approximate surface area is 111 Å². The fourth-order valence-corrected chi connectivity index (χ4v) is 2.17. The van der Waals surface area contributed by atoms with Crippen LogP contribution in [0.3, 0.4) is 0 Å². The van der Waals surface area contributed by atoms with Crippen LogP contribution in [0.25, 0.3) is 0 Å². The van der Waals surface area contributed by atoms with Crippen molar-refractivity contribution in [2.45, 2.75) is 18.9 Å². The summed E-state index contributed by atoms with van der Waals surface area (Å²) in [7, 11) is 0. The molecule has 0 aromatic heterocycles. The molecule has 1 aliphatic rings. The molecule has 0 unspecified atom stereocenters. The second-order valence-corrected chi connectivity index (χ2v) is 4.72. The molecule has 0 saturated carbocycles. The Kier molecular flexibility index (Phi) is 4.70. The first kappa shape index (κ1) is 13.8. The van der Waals surface area contributed by atoms with E-state index in [1.165, 1.54) is 25.0 Å². The maximum Gasteiger partial charge on any atom is 0.269 e. The minimum absolute atomic E-state index is 0.0324. The molecule has 1 aromatic carbocycles. The molecule has 6 nitrogen and oxygen atoms in total. The Morgan fingerprint density at radius 1 is 1.32 bits per heavy atom. The maximum atomic E-state index is 10.5. The van der Waals surface area contributed by atoms with Crippen molar-refractivity contribution in [3.05, 3.63) is 34.4 Å². The number of non-ortho nitro benzene ring substituents is 1. The van der Waals surface area contributed by atoms with E-state index in [9.17, 15) is 15.2 Å². The van der Waals surface area contributed by atoms with Crippen molar-refractivity contribution in [3.8, 4) is 5.75 Å². The van der Waals surface area contributed by atoms with Crippen molar-refractivity contribution < 1.29 is 14.8 Å². The van der Waals surface area contributed by atoms with E-state index in [4.69, 9.17) is 4.74 Å². The number of rotatable bonds is 6. The molecule has 1 aromatic rings. The zero-order valence-electron chi connectivity index (χ0n) is 10.7. The summed E-state index contributed by atoms with van der Waals surface area (Å²) >= 11 is 0. The van der Waals surface area contributed by atoms with Gasteiger partial charge in [-0.15, -0.1) is 0 Å². The molecule has 1 aliphatic heterocycles. The Bertz CT molecular complexity index is 415. The van der Waals surface area contributed by atoms with E-state index in [2.05, 4.69) is 4.90 Å². The van der Waals surface area contributed by atoms with Crippen LogP contribution in [0.15, 0.2) is 24.3 Å². The molecule has 1 atom stereocenters. The lowest BCUT2D eigenvalue weighted by atomic mass is 10.3. The molecule has 1 heterocycles. The molecule has 1 N–H and O–H groups in total. The van der Waals surface area contributed by atoms with Crippen molar-refractivity contribution in [2.75, 3.05) is 26.2 Å². The highest BCUT2D eigenvalue weighted by Gasteiger charge is 2.16. The average Bonchev–Trinajstić information content (AvgIpc) is 2.89. The van der Waals surface area contributed by atoms with Gasteiger partial charge < -0.3 is 14.7 Å². The highest BCUT2D eigenvalue weighted by Crippen LogP contribution is 2.17. The highest BCUT2D eigenvalue weighted by atomic mass is 16.6. The van der Waals surface area contributed by atoms with Gasteiger partial charge in [0.15, 0.2) is 0 Å². The Morgan fingerprint density at radius 3 is 2.53 bits per heavy atom. The van der Waals surface area contributed by atoms with Crippen LogP contribution in [-0.4, -0.2) is 47.3 Å². The zero-order chi connectivity index (χ0) is 13.7. The molecule has 1 saturated heterocycles. The third-order valence-electron chi connectivity index (χ3n) is 3.16. The summed E-state index contributed by atoms with van der Waals surface area (Å²) in [5, 5.41) is 20.3. The van der Waals surface area contributed by atoms with Gasteiger partial charge in [-0.25, -0.2) is 0 Å². The summed E-state index contributed by atoms with van der Waals surface area (Å²) in [6.45, 7) is 2.89. The summed E-state index contributed by atoms with van der Waals surface area (Å²) < 4.78 is 5.41. The normalized spacial score (nSPS) is 17.3. The summed E-state index contributed by atoms with van der Waals surface area (Å²) in [5.74, 6) is 0.533. The molecule has 0 aliphatic carbocycles. The third-order valence-corrected chi connectivity index (χ3v) is 3.16. The number of nitrogens with zero attached hydrogens (tertiary/aromatic N) is 2. The predicted octanol–water partition coefficient (Wildman–Crippen LogP) is 1.43. The van der Waals surface area contributed by atoms with Crippen molar-refractivity contribution in [2.24, 2.45) is 0 Å². The molecule has 2 rings (SSSR count). The van der Waals surface area contributed by atoms with Crippen LogP contribution in [0.1, 0.15) is 12.8 Å². The minimum atomic E-state index is -0.534. The molecule has 1 fully saturated rings. The van der Waals surface area contributed by atoms with Crippen LogP contribution in [0.4, 0.5) is 5.69 Å². The van der Waals surface area contributed by atoms with Gasteiger partial charge in [-0.3, -0.25) is 10.1 Å². The highest BCUT2D eigenvalue weighted by molar-refractivity contribution is 5.35.